The molecule has 3 rings (SSSR count). The minimum absolute atomic E-state index is 0.0146. The smallest absolute Gasteiger partial charge is 0.220 e. The van der Waals surface area contributed by atoms with E-state index in [0.717, 1.165) is 27.6 Å². The van der Waals surface area contributed by atoms with Gasteiger partial charge in [-0.25, -0.2) is 4.98 Å². The predicted molar refractivity (Wildman–Crippen MR) is 95.7 cm³/mol. The lowest BCUT2D eigenvalue weighted by Crippen LogP contribution is -2.28. The predicted octanol–water partition coefficient (Wildman–Crippen LogP) is 4.14. The number of carbonyl (C=O) groups excluding carboxylic acids is 1. The Bertz CT molecular complexity index is 880. The number of amides is 1. The van der Waals surface area contributed by atoms with E-state index < -0.39 is 0 Å². The Morgan fingerprint density at radius 1 is 1.21 bits per heavy atom. The third kappa shape index (κ3) is 3.71. The van der Waals surface area contributed by atoms with Crippen LogP contribution in [0.5, 0.6) is 0 Å². The van der Waals surface area contributed by atoms with Gasteiger partial charge in [0, 0.05) is 43.4 Å². The standard InChI is InChI=1S/C19H18ClN3O/c1-13-5-6-18-16(8-13)9-17(19(20)22-18)12-23(14(2)24)11-15-4-3-7-21-10-15/h3-10H,11-12H2,1-2H3. The van der Waals surface area contributed by atoms with Gasteiger partial charge in [0.05, 0.1) is 5.52 Å². The number of aromatic nitrogens is 2. The quantitative estimate of drug-likeness (QED) is 0.671. The van der Waals surface area contributed by atoms with E-state index in [0.29, 0.717) is 18.2 Å². The molecule has 0 N–H and O–H groups in total. The maximum Gasteiger partial charge on any atom is 0.220 e. The van der Waals surface area contributed by atoms with Gasteiger partial charge in [0.25, 0.3) is 0 Å². The number of fused-ring (bicyclic) bond motifs is 1. The first-order chi connectivity index (χ1) is 11.5. The molecule has 2 aromatic heterocycles. The Morgan fingerprint density at radius 2 is 2.04 bits per heavy atom. The zero-order valence-electron chi connectivity index (χ0n) is 13.7. The van der Waals surface area contributed by atoms with Crippen molar-refractivity contribution in [1.29, 1.82) is 0 Å². The SMILES string of the molecule is CC(=O)N(Cc1cccnc1)Cc1cc2cc(C)ccc2nc1Cl. The van der Waals surface area contributed by atoms with Crippen LogP contribution in [0.4, 0.5) is 0 Å². The molecule has 0 fully saturated rings. The summed E-state index contributed by atoms with van der Waals surface area (Å²) in [7, 11) is 0. The molecule has 4 nitrogen and oxygen atoms in total. The fraction of sp³-hybridized carbons (Fsp3) is 0.211. The van der Waals surface area contributed by atoms with Gasteiger partial charge in [-0.05, 0) is 36.8 Å². The van der Waals surface area contributed by atoms with E-state index in [2.05, 4.69) is 16.0 Å². The molecule has 0 saturated heterocycles. The van der Waals surface area contributed by atoms with E-state index in [9.17, 15) is 4.79 Å². The second kappa shape index (κ2) is 6.97. The first kappa shape index (κ1) is 16.4. The lowest BCUT2D eigenvalue weighted by atomic mass is 10.1. The van der Waals surface area contributed by atoms with Gasteiger partial charge in [-0.1, -0.05) is 29.3 Å². The normalized spacial score (nSPS) is 10.8. The van der Waals surface area contributed by atoms with Crippen molar-refractivity contribution in [2.75, 3.05) is 0 Å². The molecule has 1 amide bonds. The molecule has 0 bridgehead atoms. The molecule has 2 heterocycles. The molecule has 1 aromatic carbocycles. The zero-order chi connectivity index (χ0) is 17.1. The van der Waals surface area contributed by atoms with E-state index in [-0.39, 0.29) is 5.91 Å². The molecule has 0 spiro atoms. The van der Waals surface area contributed by atoms with E-state index in [1.807, 2.05) is 37.3 Å². The Balaban J connectivity index is 1.90. The second-order valence-corrected chi connectivity index (χ2v) is 6.23. The number of halogens is 1. The largest absolute Gasteiger partial charge is 0.334 e. The average molecular weight is 340 g/mol. The number of benzene rings is 1. The number of nitrogens with zero attached hydrogens (tertiary/aromatic N) is 3. The van der Waals surface area contributed by atoms with E-state index in [1.54, 1.807) is 24.2 Å². The molecule has 0 radical (unpaired) electrons. The molecule has 0 atom stereocenters. The topological polar surface area (TPSA) is 46.1 Å². The molecule has 122 valence electrons. The number of pyridine rings is 2. The van der Waals surface area contributed by atoms with Gasteiger partial charge in [0.15, 0.2) is 0 Å². The highest BCUT2D eigenvalue weighted by Crippen LogP contribution is 2.23. The summed E-state index contributed by atoms with van der Waals surface area (Å²) in [5.41, 5.74) is 3.84. The summed E-state index contributed by atoms with van der Waals surface area (Å²) >= 11 is 6.33. The molecule has 0 saturated carbocycles. The van der Waals surface area contributed by atoms with Crippen molar-refractivity contribution in [2.45, 2.75) is 26.9 Å². The van der Waals surface area contributed by atoms with Crippen molar-refractivity contribution in [3.05, 3.63) is 70.6 Å². The maximum absolute atomic E-state index is 12.0. The zero-order valence-corrected chi connectivity index (χ0v) is 14.4. The lowest BCUT2D eigenvalue weighted by molar-refractivity contribution is -0.130. The van der Waals surface area contributed by atoms with Gasteiger partial charge in [0.1, 0.15) is 5.15 Å². The Kier molecular flexibility index (Phi) is 4.76. The van der Waals surface area contributed by atoms with Gasteiger partial charge in [-0.3, -0.25) is 9.78 Å². The number of rotatable bonds is 4. The van der Waals surface area contributed by atoms with Gasteiger partial charge < -0.3 is 4.90 Å². The minimum Gasteiger partial charge on any atom is -0.334 e. The fourth-order valence-corrected chi connectivity index (χ4v) is 2.83. The van der Waals surface area contributed by atoms with Crippen LogP contribution in [0.1, 0.15) is 23.6 Å². The summed E-state index contributed by atoms with van der Waals surface area (Å²) in [4.78, 5) is 22.3. The van der Waals surface area contributed by atoms with Crippen LogP contribution in [-0.4, -0.2) is 20.8 Å². The van der Waals surface area contributed by atoms with Crippen molar-refractivity contribution in [3.63, 3.8) is 0 Å². The van der Waals surface area contributed by atoms with Crippen molar-refractivity contribution in [1.82, 2.24) is 14.9 Å². The van der Waals surface area contributed by atoms with Crippen molar-refractivity contribution in [3.8, 4) is 0 Å². The number of carbonyl (C=O) groups is 1. The molecular formula is C19H18ClN3O. The molecule has 3 aromatic rings. The van der Waals surface area contributed by atoms with Gasteiger partial charge in [0.2, 0.25) is 5.91 Å². The minimum atomic E-state index is -0.0146. The second-order valence-electron chi connectivity index (χ2n) is 5.87. The fourth-order valence-electron chi connectivity index (χ4n) is 2.62. The third-order valence-electron chi connectivity index (χ3n) is 3.90. The van der Waals surface area contributed by atoms with E-state index in [1.165, 1.54) is 0 Å². The monoisotopic (exact) mass is 339 g/mol. The highest BCUT2D eigenvalue weighted by Gasteiger charge is 2.14. The van der Waals surface area contributed by atoms with Crippen LogP contribution < -0.4 is 0 Å². The highest BCUT2D eigenvalue weighted by molar-refractivity contribution is 6.30. The molecule has 0 aliphatic heterocycles. The summed E-state index contributed by atoms with van der Waals surface area (Å²) < 4.78 is 0. The number of aryl methyl sites for hydroxylation is 1. The molecule has 24 heavy (non-hydrogen) atoms. The van der Waals surface area contributed by atoms with E-state index in [4.69, 9.17) is 11.6 Å². The Labute approximate surface area is 146 Å². The maximum atomic E-state index is 12.0. The Hall–Kier alpha value is -2.46. The molecule has 0 aliphatic carbocycles. The lowest BCUT2D eigenvalue weighted by Gasteiger charge is -2.21. The van der Waals surface area contributed by atoms with Crippen LogP contribution in [0.2, 0.25) is 5.15 Å². The number of hydrogen-bond donors (Lipinski definition) is 0. The average Bonchev–Trinajstić information content (AvgIpc) is 2.56. The van der Waals surface area contributed by atoms with Gasteiger partial charge in [-0.15, -0.1) is 0 Å². The first-order valence-electron chi connectivity index (χ1n) is 7.73. The molecule has 0 unspecified atom stereocenters. The molecule has 0 aliphatic rings. The summed E-state index contributed by atoms with van der Waals surface area (Å²) in [6.07, 6.45) is 3.48. The van der Waals surface area contributed by atoms with Crippen molar-refractivity contribution >= 4 is 28.4 Å². The summed E-state index contributed by atoms with van der Waals surface area (Å²) in [6.45, 7) is 4.51. The van der Waals surface area contributed by atoms with Crippen LogP contribution in [0.15, 0.2) is 48.8 Å². The van der Waals surface area contributed by atoms with E-state index >= 15 is 0 Å². The number of hydrogen-bond acceptors (Lipinski definition) is 3. The van der Waals surface area contributed by atoms with Crippen LogP contribution in [0.3, 0.4) is 0 Å². The van der Waals surface area contributed by atoms with Crippen LogP contribution in [-0.2, 0) is 17.9 Å². The van der Waals surface area contributed by atoms with Crippen molar-refractivity contribution < 1.29 is 4.79 Å². The van der Waals surface area contributed by atoms with Crippen LogP contribution in [0, 0.1) is 6.92 Å². The summed E-state index contributed by atoms with van der Waals surface area (Å²) in [5.74, 6) is -0.0146. The van der Waals surface area contributed by atoms with Crippen molar-refractivity contribution in [2.24, 2.45) is 0 Å². The van der Waals surface area contributed by atoms with Crippen LogP contribution in [0.25, 0.3) is 10.9 Å². The van der Waals surface area contributed by atoms with Crippen LogP contribution >= 0.6 is 11.6 Å². The van der Waals surface area contributed by atoms with Gasteiger partial charge in [-0.2, -0.15) is 0 Å². The summed E-state index contributed by atoms with van der Waals surface area (Å²) in [5, 5.41) is 1.46. The molecule has 5 heteroatoms. The van der Waals surface area contributed by atoms with Gasteiger partial charge >= 0.3 is 0 Å². The molecular weight excluding hydrogens is 322 g/mol. The first-order valence-corrected chi connectivity index (χ1v) is 8.11. The summed E-state index contributed by atoms with van der Waals surface area (Å²) in [6, 6.07) is 11.9. The Morgan fingerprint density at radius 3 is 2.75 bits per heavy atom. The highest BCUT2D eigenvalue weighted by atomic mass is 35.5. The third-order valence-corrected chi connectivity index (χ3v) is 4.23.